The fourth-order valence-corrected chi connectivity index (χ4v) is 9.90. The quantitative estimate of drug-likeness (QED) is 0.0503. The molecule has 0 spiro atoms. The van der Waals surface area contributed by atoms with Gasteiger partial charge in [-0.25, -0.2) is 0 Å². The molecule has 0 heteroatoms. The molecule has 0 aliphatic rings. The fourth-order valence-electron chi connectivity index (χ4n) is 9.90. The number of hydrogen-bond acceptors (Lipinski definition) is 0. The van der Waals surface area contributed by atoms with Gasteiger partial charge in [0.15, 0.2) is 0 Å². The first kappa shape index (κ1) is 50.3. The lowest BCUT2D eigenvalue weighted by molar-refractivity contribution is 0.487. The van der Waals surface area contributed by atoms with Crippen molar-refractivity contribution in [1.29, 1.82) is 0 Å². The van der Waals surface area contributed by atoms with E-state index in [1.54, 1.807) is 22.3 Å². The molecule has 0 aliphatic heterocycles. The van der Waals surface area contributed by atoms with Crippen molar-refractivity contribution in [3.8, 4) is 0 Å². The van der Waals surface area contributed by atoms with Crippen molar-refractivity contribution in [3.05, 3.63) is 82.9 Å². The van der Waals surface area contributed by atoms with E-state index in [0.29, 0.717) is 0 Å². The van der Waals surface area contributed by atoms with Crippen LogP contribution in [0, 0.1) is 0 Å². The number of unbranched alkanes of at least 4 members (excludes halogenated alkanes) is 29. The topological polar surface area (TPSA) is 0 Å². The smallest absolute Gasteiger partial charge is 0.0152 e. The van der Waals surface area contributed by atoms with E-state index in [0.717, 1.165) is 5.92 Å². The van der Waals surface area contributed by atoms with Crippen LogP contribution >= 0.6 is 0 Å². The summed E-state index contributed by atoms with van der Waals surface area (Å²) in [5, 5.41) is 2.85. The van der Waals surface area contributed by atoms with Gasteiger partial charge in [-0.05, 0) is 90.3 Å². The van der Waals surface area contributed by atoms with Gasteiger partial charge < -0.3 is 0 Å². The number of hydrogen-bond donors (Lipinski definition) is 0. The third-order valence-electron chi connectivity index (χ3n) is 13.6. The monoisotopic (exact) mass is 793 g/mol. The molecule has 0 aliphatic carbocycles. The van der Waals surface area contributed by atoms with Gasteiger partial charge in [0.05, 0.1) is 0 Å². The van der Waals surface area contributed by atoms with Crippen LogP contribution in [0.15, 0.2) is 60.7 Å². The summed E-state index contributed by atoms with van der Waals surface area (Å²) >= 11 is 0. The summed E-state index contributed by atoms with van der Waals surface area (Å²) in [6.07, 6.45) is 53.4. The molecule has 0 fully saturated rings. The van der Waals surface area contributed by atoms with Gasteiger partial charge >= 0.3 is 0 Å². The third-order valence-corrected chi connectivity index (χ3v) is 13.6. The number of rotatable bonds is 40. The normalized spacial score (nSPS) is 12.2. The molecule has 328 valence electrons. The first-order valence-electron chi connectivity index (χ1n) is 26.4. The van der Waals surface area contributed by atoms with E-state index in [1.165, 1.54) is 255 Å². The van der Waals surface area contributed by atoms with Crippen molar-refractivity contribution in [3.63, 3.8) is 0 Å². The van der Waals surface area contributed by atoms with E-state index in [2.05, 4.69) is 81.4 Å². The van der Waals surface area contributed by atoms with Gasteiger partial charge in [-0.3, -0.25) is 0 Å². The molecule has 3 aromatic carbocycles. The van der Waals surface area contributed by atoms with E-state index in [9.17, 15) is 0 Å². The van der Waals surface area contributed by atoms with Crippen LogP contribution in [0.5, 0.6) is 0 Å². The van der Waals surface area contributed by atoms with Gasteiger partial charge in [0.2, 0.25) is 0 Å². The maximum atomic E-state index is 2.60. The zero-order valence-corrected chi connectivity index (χ0v) is 39.2. The van der Waals surface area contributed by atoms with Crippen LogP contribution in [0.4, 0.5) is 0 Å². The summed E-state index contributed by atoms with van der Waals surface area (Å²) in [6, 6.07) is 23.5. The maximum absolute atomic E-state index is 2.60. The molecular formula is C58H96. The Hall–Kier alpha value is -2.08. The van der Waals surface area contributed by atoms with Crippen molar-refractivity contribution in [2.75, 3.05) is 0 Å². The van der Waals surface area contributed by atoms with E-state index in [4.69, 9.17) is 0 Å². The summed E-state index contributed by atoms with van der Waals surface area (Å²) in [4.78, 5) is 0. The summed E-state index contributed by atoms with van der Waals surface area (Å²) < 4.78 is 0. The molecule has 1 atom stereocenters. The molecule has 0 N–H and O–H groups in total. The Labute approximate surface area is 362 Å². The van der Waals surface area contributed by atoms with Crippen LogP contribution in [0.2, 0.25) is 0 Å². The molecule has 0 saturated heterocycles. The van der Waals surface area contributed by atoms with Crippen molar-refractivity contribution < 1.29 is 0 Å². The van der Waals surface area contributed by atoms with Crippen LogP contribution in [0.1, 0.15) is 274 Å². The summed E-state index contributed by atoms with van der Waals surface area (Å²) in [5.41, 5.74) is 6.80. The van der Waals surface area contributed by atoms with Gasteiger partial charge in [0.1, 0.15) is 0 Å². The molecule has 0 heterocycles. The lowest BCUT2D eigenvalue weighted by Crippen LogP contribution is -2.08. The lowest BCUT2D eigenvalue weighted by atomic mass is 9.81. The molecular weight excluding hydrogens is 697 g/mol. The second-order valence-electron chi connectivity index (χ2n) is 18.8. The van der Waals surface area contributed by atoms with Crippen molar-refractivity contribution in [1.82, 2.24) is 0 Å². The van der Waals surface area contributed by atoms with Crippen molar-refractivity contribution in [2.24, 2.45) is 0 Å². The van der Waals surface area contributed by atoms with Gasteiger partial charge in [0, 0.05) is 0 Å². The van der Waals surface area contributed by atoms with Crippen LogP contribution in [-0.2, 0) is 19.3 Å². The standard InChI is InChI=1S/C58H96/c1-4-7-10-13-16-19-20-21-22-23-24-25-27-30-32-41-54(45-36-35-43-52-46-39-47-53-44-37-38-49-56(52)53)58-51-40-48-55(42-33-29-26-17-14-11-8-5-2)57(58)50-34-31-28-18-15-12-9-6-3/h37-40,44,46-49,51,54H,4-36,41-43,45,50H2,1-3H3. The zero-order valence-electron chi connectivity index (χ0n) is 39.2. The Morgan fingerprint density at radius 3 is 1.21 bits per heavy atom. The first-order chi connectivity index (χ1) is 28.8. The van der Waals surface area contributed by atoms with Crippen LogP contribution < -0.4 is 0 Å². The number of benzene rings is 3. The van der Waals surface area contributed by atoms with Gasteiger partial charge in [-0.2, -0.15) is 0 Å². The average molecular weight is 793 g/mol. The second kappa shape index (κ2) is 35.7. The maximum Gasteiger partial charge on any atom is -0.0152 e. The Morgan fingerprint density at radius 1 is 0.310 bits per heavy atom. The molecule has 0 bridgehead atoms. The van der Waals surface area contributed by atoms with Gasteiger partial charge in [-0.15, -0.1) is 0 Å². The zero-order chi connectivity index (χ0) is 41.0. The van der Waals surface area contributed by atoms with E-state index in [1.807, 2.05) is 0 Å². The molecule has 58 heavy (non-hydrogen) atoms. The second-order valence-corrected chi connectivity index (χ2v) is 18.8. The first-order valence-corrected chi connectivity index (χ1v) is 26.4. The molecule has 3 rings (SSSR count). The van der Waals surface area contributed by atoms with Crippen molar-refractivity contribution >= 4 is 10.8 Å². The summed E-state index contributed by atoms with van der Waals surface area (Å²) in [7, 11) is 0. The third kappa shape index (κ3) is 23.1. The Kier molecular flexibility index (Phi) is 30.9. The molecule has 0 amide bonds. The number of fused-ring (bicyclic) bond motifs is 1. The minimum Gasteiger partial charge on any atom is -0.0654 e. The average Bonchev–Trinajstić information content (AvgIpc) is 3.25. The van der Waals surface area contributed by atoms with Gasteiger partial charge in [-0.1, -0.05) is 274 Å². The van der Waals surface area contributed by atoms with Gasteiger partial charge in [0.25, 0.3) is 0 Å². The Balaban J connectivity index is 1.58. The minimum absolute atomic E-state index is 0.719. The summed E-state index contributed by atoms with van der Waals surface area (Å²) in [6.45, 7) is 6.98. The van der Waals surface area contributed by atoms with E-state index < -0.39 is 0 Å². The lowest BCUT2D eigenvalue weighted by Gasteiger charge is -2.24. The largest absolute Gasteiger partial charge is 0.0654 e. The van der Waals surface area contributed by atoms with Crippen LogP contribution in [0.25, 0.3) is 10.8 Å². The SMILES string of the molecule is CCCCCCCCCCCCCCCCCC(CCCCc1cccc2ccccc12)c1cccc(CCCCCCCCCC)c1CCCCCCCCCC. The molecule has 0 radical (unpaired) electrons. The highest BCUT2D eigenvalue weighted by Crippen LogP contribution is 2.34. The van der Waals surface area contributed by atoms with Crippen LogP contribution in [0.3, 0.4) is 0 Å². The Bertz CT molecular complexity index is 1340. The molecule has 0 nitrogen and oxygen atoms in total. The summed E-state index contributed by atoms with van der Waals surface area (Å²) in [5.74, 6) is 0.719. The predicted octanol–water partition coefficient (Wildman–Crippen LogP) is 20.0. The number of aryl methyl sites for hydroxylation is 2. The molecule has 3 aromatic rings. The fraction of sp³-hybridized carbons (Fsp3) is 0.724. The molecule has 1 unspecified atom stereocenters. The highest BCUT2D eigenvalue weighted by Gasteiger charge is 2.18. The molecule has 0 aromatic heterocycles. The highest BCUT2D eigenvalue weighted by molar-refractivity contribution is 5.85. The van der Waals surface area contributed by atoms with Crippen LogP contribution in [-0.4, -0.2) is 0 Å². The molecule has 0 saturated carbocycles. The van der Waals surface area contributed by atoms with Crippen molar-refractivity contribution in [2.45, 2.75) is 271 Å². The predicted molar refractivity (Wildman–Crippen MR) is 263 cm³/mol. The van der Waals surface area contributed by atoms with E-state index >= 15 is 0 Å². The minimum atomic E-state index is 0.719. The Morgan fingerprint density at radius 2 is 0.672 bits per heavy atom. The highest BCUT2D eigenvalue weighted by atomic mass is 14.2. The van der Waals surface area contributed by atoms with E-state index in [-0.39, 0.29) is 0 Å².